The Kier molecular flexibility index (Phi) is 3.23. The lowest BCUT2D eigenvalue weighted by Gasteiger charge is -2.18. The summed E-state index contributed by atoms with van der Waals surface area (Å²) in [7, 11) is 1.95. The third-order valence-electron chi connectivity index (χ3n) is 2.72. The maximum Gasteiger partial charge on any atom is 0.153 e. The lowest BCUT2D eigenvalue weighted by molar-refractivity contribution is 1.08. The fourth-order valence-corrected chi connectivity index (χ4v) is 1.62. The highest BCUT2D eigenvalue weighted by Crippen LogP contribution is 2.21. The quantitative estimate of drug-likeness (QED) is 0.876. The van der Waals surface area contributed by atoms with E-state index >= 15 is 0 Å². The molecular formula is C13H16N4. The van der Waals surface area contributed by atoms with Crippen molar-refractivity contribution in [3.63, 3.8) is 0 Å². The number of aromatic nitrogens is 2. The third-order valence-corrected chi connectivity index (χ3v) is 2.72. The molecule has 2 aromatic rings. The topological polar surface area (TPSA) is 55.0 Å². The summed E-state index contributed by atoms with van der Waals surface area (Å²) in [5.41, 5.74) is 8.01. The molecule has 1 aromatic carbocycles. The van der Waals surface area contributed by atoms with Crippen molar-refractivity contribution < 1.29 is 0 Å². The Labute approximate surface area is 101 Å². The number of nitrogen functional groups attached to an aromatic ring is 1. The van der Waals surface area contributed by atoms with E-state index in [2.05, 4.69) is 41.2 Å². The Hall–Kier alpha value is -2.10. The van der Waals surface area contributed by atoms with E-state index in [1.54, 1.807) is 6.20 Å². The molecule has 0 fully saturated rings. The highest BCUT2D eigenvalue weighted by molar-refractivity contribution is 5.59. The largest absolute Gasteiger partial charge is 0.382 e. The Morgan fingerprint density at radius 1 is 1.18 bits per heavy atom. The second-order valence-electron chi connectivity index (χ2n) is 3.88. The molecule has 4 nitrogen and oxygen atoms in total. The number of benzene rings is 1. The SMILES string of the molecule is CCc1ccc(N(C)c2cncc(N)n2)cc1. The Morgan fingerprint density at radius 3 is 2.47 bits per heavy atom. The van der Waals surface area contributed by atoms with Crippen LogP contribution in [0.4, 0.5) is 17.3 Å². The molecule has 1 aromatic heterocycles. The minimum Gasteiger partial charge on any atom is -0.382 e. The van der Waals surface area contributed by atoms with Crippen molar-refractivity contribution in [1.82, 2.24) is 9.97 Å². The van der Waals surface area contributed by atoms with Crippen LogP contribution < -0.4 is 10.6 Å². The van der Waals surface area contributed by atoms with Crippen LogP contribution in [0.25, 0.3) is 0 Å². The van der Waals surface area contributed by atoms with E-state index in [0.29, 0.717) is 5.82 Å². The first-order chi connectivity index (χ1) is 8.20. The van der Waals surface area contributed by atoms with E-state index in [1.165, 1.54) is 11.8 Å². The molecule has 88 valence electrons. The monoisotopic (exact) mass is 228 g/mol. The molecule has 0 bridgehead atoms. The minimum atomic E-state index is 0.430. The van der Waals surface area contributed by atoms with Crippen LogP contribution in [0.3, 0.4) is 0 Å². The molecule has 0 atom stereocenters. The van der Waals surface area contributed by atoms with Gasteiger partial charge in [0, 0.05) is 12.7 Å². The summed E-state index contributed by atoms with van der Waals surface area (Å²) in [4.78, 5) is 10.2. The molecule has 0 amide bonds. The zero-order chi connectivity index (χ0) is 12.3. The summed E-state index contributed by atoms with van der Waals surface area (Å²) in [6.07, 6.45) is 4.28. The van der Waals surface area contributed by atoms with E-state index in [9.17, 15) is 0 Å². The molecule has 1 heterocycles. The second-order valence-corrected chi connectivity index (χ2v) is 3.88. The van der Waals surface area contributed by atoms with Crippen LogP contribution in [0.5, 0.6) is 0 Å². The first-order valence-corrected chi connectivity index (χ1v) is 5.61. The molecule has 0 saturated carbocycles. The lowest BCUT2D eigenvalue weighted by Crippen LogP contribution is -2.12. The van der Waals surface area contributed by atoms with Gasteiger partial charge >= 0.3 is 0 Å². The van der Waals surface area contributed by atoms with E-state index in [1.807, 2.05) is 11.9 Å². The van der Waals surface area contributed by atoms with Crippen molar-refractivity contribution in [2.45, 2.75) is 13.3 Å². The Bertz CT molecular complexity index is 493. The number of nitrogens with two attached hydrogens (primary N) is 1. The Morgan fingerprint density at radius 2 is 1.88 bits per heavy atom. The van der Waals surface area contributed by atoms with Crippen molar-refractivity contribution in [2.75, 3.05) is 17.7 Å². The molecular weight excluding hydrogens is 212 g/mol. The third kappa shape index (κ3) is 2.53. The number of hydrogen-bond acceptors (Lipinski definition) is 4. The van der Waals surface area contributed by atoms with Gasteiger partial charge in [0.1, 0.15) is 5.82 Å². The van der Waals surface area contributed by atoms with E-state index in [-0.39, 0.29) is 0 Å². The number of anilines is 3. The highest BCUT2D eigenvalue weighted by atomic mass is 15.2. The number of hydrogen-bond donors (Lipinski definition) is 1. The van der Waals surface area contributed by atoms with Crippen LogP contribution in [-0.4, -0.2) is 17.0 Å². The van der Waals surface area contributed by atoms with Crippen LogP contribution in [0.15, 0.2) is 36.7 Å². The molecule has 2 rings (SSSR count). The summed E-state index contributed by atoms with van der Waals surface area (Å²) in [6.45, 7) is 2.14. The molecule has 0 aliphatic rings. The minimum absolute atomic E-state index is 0.430. The molecule has 0 radical (unpaired) electrons. The number of nitrogens with zero attached hydrogens (tertiary/aromatic N) is 3. The summed E-state index contributed by atoms with van der Waals surface area (Å²) in [5, 5.41) is 0. The van der Waals surface area contributed by atoms with Gasteiger partial charge < -0.3 is 10.6 Å². The molecule has 4 heteroatoms. The number of rotatable bonds is 3. The summed E-state index contributed by atoms with van der Waals surface area (Å²) >= 11 is 0. The zero-order valence-electron chi connectivity index (χ0n) is 10.1. The first kappa shape index (κ1) is 11.4. The van der Waals surface area contributed by atoms with Crippen molar-refractivity contribution >= 4 is 17.3 Å². The van der Waals surface area contributed by atoms with Gasteiger partial charge in [0.2, 0.25) is 0 Å². The molecule has 0 aliphatic carbocycles. The van der Waals surface area contributed by atoms with E-state index in [4.69, 9.17) is 5.73 Å². The van der Waals surface area contributed by atoms with E-state index < -0.39 is 0 Å². The van der Waals surface area contributed by atoms with Gasteiger partial charge in [-0.3, -0.25) is 4.98 Å². The van der Waals surface area contributed by atoms with Crippen LogP contribution in [-0.2, 0) is 6.42 Å². The molecule has 0 saturated heterocycles. The average Bonchev–Trinajstić information content (AvgIpc) is 2.38. The van der Waals surface area contributed by atoms with Crippen molar-refractivity contribution in [1.29, 1.82) is 0 Å². The standard InChI is InChI=1S/C13H16N4/c1-3-10-4-6-11(7-5-10)17(2)13-9-15-8-12(14)16-13/h4-9H,3H2,1-2H3,(H2,14,16). The van der Waals surface area contributed by atoms with Crippen molar-refractivity contribution in [3.8, 4) is 0 Å². The highest BCUT2D eigenvalue weighted by Gasteiger charge is 2.05. The summed E-state index contributed by atoms with van der Waals surface area (Å²) in [5.74, 6) is 1.17. The van der Waals surface area contributed by atoms with Crippen LogP contribution in [0, 0.1) is 0 Å². The van der Waals surface area contributed by atoms with Gasteiger partial charge in [-0.1, -0.05) is 19.1 Å². The van der Waals surface area contributed by atoms with Gasteiger partial charge in [-0.05, 0) is 24.1 Å². The fraction of sp³-hybridized carbons (Fsp3) is 0.231. The lowest BCUT2D eigenvalue weighted by atomic mass is 10.1. The summed E-state index contributed by atoms with van der Waals surface area (Å²) in [6, 6.07) is 8.38. The van der Waals surface area contributed by atoms with Crippen LogP contribution in [0.2, 0.25) is 0 Å². The van der Waals surface area contributed by atoms with Gasteiger partial charge in [-0.25, -0.2) is 4.98 Å². The predicted molar refractivity (Wildman–Crippen MR) is 70.3 cm³/mol. The summed E-state index contributed by atoms with van der Waals surface area (Å²) < 4.78 is 0. The second kappa shape index (κ2) is 4.82. The van der Waals surface area contributed by atoms with Crippen LogP contribution >= 0.6 is 0 Å². The smallest absolute Gasteiger partial charge is 0.153 e. The van der Waals surface area contributed by atoms with Gasteiger partial charge in [0.25, 0.3) is 0 Å². The first-order valence-electron chi connectivity index (χ1n) is 5.61. The Balaban J connectivity index is 2.27. The number of aryl methyl sites for hydroxylation is 1. The molecule has 17 heavy (non-hydrogen) atoms. The maximum atomic E-state index is 5.62. The van der Waals surface area contributed by atoms with Crippen molar-refractivity contribution in [2.24, 2.45) is 0 Å². The fourth-order valence-electron chi connectivity index (χ4n) is 1.62. The zero-order valence-corrected chi connectivity index (χ0v) is 10.1. The molecule has 2 N–H and O–H groups in total. The van der Waals surface area contributed by atoms with Gasteiger partial charge in [-0.15, -0.1) is 0 Å². The van der Waals surface area contributed by atoms with Crippen LogP contribution in [0.1, 0.15) is 12.5 Å². The normalized spacial score (nSPS) is 10.2. The average molecular weight is 228 g/mol. The van der Waals surface area contributed by atoms with E-state index in [0.717, 1.165) is 17.9 Å². The van der Waals surface area contributed by atoms with Gasteiger partial charge in [0.15, 0.2) is 5.82 Å². The molecule has 0 aliphatic heterocycles. The van der Waals surface area contributed by atoms with Gasteiger partial charge in [-0.2, -0.15) is 0 Å². The van der Waals surface area contributed by atoms with Gasteiger partial charge in [0.05, 0.1) is 12.4 Å². The molecule has 0 unspecified atom stereocenters. The predicted octanol–water partition coefficient (Wildman–Crippen LogP) is 2.39. The maximum absolute atomic E-state index is 5.62. The van der Waals surface area contributed by atoms with Crippen molar-refractivity contribution in [3.05, 3.63) is 42.2 Å². The molecule has 0 spiro atoms.